The lowest BCUT2D eigenvalue weighted by Crippen LogP contribution is -2.46. The van der Waals surface area contributed by atoms with Gasteiger partial charge in [-0.2, -0.15) is 0 Å². The third kappa shape index (κ3) is 6.30. The second kappa shape index (κ2) is 6.63. The van der Waals surface area contributed by atoms with Gasteiger partial charge >= 0.3 is 6.09 Å². The maximum atomic E-state index is 11.1. The van der Waals surface area contributed by atoms with Gasteiger partial charge in [-0.3, -0.25) is 9.59 Å². The average Bonchev–Trinajstić information content (AvgIpc) is 2.15. The van der Waals surface area contributed by atoms with Crippen molar-refractivity contribution in [1.82, 2.24) is 10.6 Å². The Morgan fingerprint density at radius 2 is 2.00 bits per heavy atom. The maximum Gasteiger partial charge on any atom is 0.407 e. The third-order valence-electron chi connectivity index (χ3n) is 1.47. The first-order chi connectivity index (χ1) is 6.97. The molecule has 0 rings (SSSR count). The fourth-order valence-corrected chi connectivity index (χ4v) is 0.698. The molecule has 1 atom stereocenters. The number of ether oxygens (including phenoxy) is 1. The average molecular weight is 217 g/mol. The number of hydrogen-bond acceptors (Lipinski definition) is 4. The van der Waals surface area contributed by atoms with Crippen LogP contribution in [0.15, 0.2) is 0 Å². The normalized spacial score (nSPS) is 11.3. The standard InChI is InChI=1S/C8H15N3O4/c1-3-15-8(14)10-4-6(12)11-5(2)7(9)13/h5H,3-4H2,1-2H3,(H2,9,13)(H,10,14)(H,11,12)/t5-/m0/s1. The van der Waals surface area contributed by atoms with E-state index in [0.717, 1.165) is 0 Å². The van der Waals surface area contributed by atoms with Crippen LogP contribution in [-0.2, 0) is 14.3 Å². The number of carbonyl (C=O) groups is 3. The molecule has 0 unspecified atom stereocenters. The molecule has 0 bridgehead atoms. The Bertz CT molecular complexity index is 254. The SMILES string of the molecule is CCOC(=O)NCC(=O)N[C@@H](C)C(N)=O. The number of carbonyl (C=O) groups excluding carboxylic acids is 3. The lowest BCUT2D eigenvalue weighted by Gasteiger charge is -2.10. The largest absolute Gasteiger partial charge is 0.450 e. The van der Waals surface area contributed by atoms with Gasteiger partial charge in [-0.1, -0.05) is 0 Å². The summed E-state index contributed by atoms with van der Waals surface area (Å²) in [5.41, 5.74) is 4.92. The number of rotatable bonds is 5. The molecule has 0 aliphatic rings. The molecule has 0 aromatic rings. The van der Waals surface area contributed by atoms with Crippen molar-refractivity contribution >= 4 is 17.9 Å². The zero-order valence-electron chi connectivity index (χ0n) is 8.70. The predicted molar refractivity (Wildman–Crippen MR) is 51.8 cm³/mol. The van der Waals surface area contributed by atoms with Crippen molar-refractivity contribution in [3.8, 4) is 0 Å². The fraction of sp³-hybridized carbons (Fsp3) is 0.625. The molecule has 0 aromatic heterocycles. The van der Waals surface area contributed by atoms with E-state index in [4.69, 9.17) is 5.73 Å². The Hall–Kier alpha value is -1.79. The van der Waals surface area contributed by atoms with E-state index >= 15 is 0 Å². The third-order valence-corrected chi connectivity index (χ3v) is 1.47. The van der Waals surface area contributed by atoms with Crippen LogP contribution in [0.2, 0.25) is 0 Å². The summed E-state index contributed by atoms with van der Waals surface area (Å²) in [6.07, 6.45) is -0.681. The number of amides is 3. The van der Waals surface area contributed by atoms with Crippen LogP contribution in [0, 0.1) is 0 Å². The van der Waals surface area contributed by atoms with Crippen LogP contribution in [0.25, 0.3) is 0 Å². The molecule has 0 radical (unpaired) electrons. The van der Waals surface area contributed by atoms with Crippen molar-refractivity contribution in [3.05, 3.63) is 0 Å². The number of nitrogens with two attached hydrogens (primary N) is 1. The monoisotopic (exact) mass is 217 g/mol. The molecule has 0 aliphatic heterocycles. The van der Waals surface area contributed by atoms with E-state index in [1.165, 1.54) is 6.92 Å². The highest BCUT2D eigenvalue weighted by Gasteiger charge is 2.12. The fourth-order valence-electron chi connectivity index (χ4n) is 0.698. The summed E-state index contributed by atoms with van der Waals surface area (Å²) in [7, 11) is 0. The van der Waals surface area contributed by atoms with E-state index < -0.39 is 23.9 Å². The molecule has 0 aliphatic carbocycles. The highest BCUT2D eigenvalue weighted by atomic mass is 16.5. The second-order valence-corrected chi connectivity index (χ2v) is 2.77. The molecule has 0 saturated heterocycles. The van der Waals surface area contributed by atoms with Gasteiger partial charge in [0.15, 0.2) is 0 Å². The minimum Gasteiger partial charge on any atom is -0.450 e. The second-order valence-electron chi connectivity index (χ2n) is 2.77. The summed E-state index contributed by atoms with van der Waals surface area (Å²) >= 11 is 0. The van der Waals surface area contributed by atoms with Crippen LogP contribution >= 0.6 is 0 Å². The van der Waals surface area contributed by atoms with Gasteiger partial charge < -0.3 is 21.1 Å². The molecular weight excluding hydrogens is 202 g/mol. The highest BCUT2D eigenvalue weighted by molar-refractivity contribution is 5.88. The van der Waals surface area contributed by atoms with Crippen LogP contribution < -0.4 is 16.4 Å². The molecular formula is C8H15N3O4. The molecule has 15 heavy (non-hydrogen) atoms. The van der Waals surface area contributed by atoms with Gasteiger partial charge in [0.2, 0.25) is 11.8 Å². The van der Waals surface area contributed by atoms with E-state index in [-0.39, 0.29) is 13.2 Å². The molecule has 3 amide bonds. The Labute approximate surface area is 87.3 Å². The van der Waals surface area contributed by atoms with Crippen molar-refractivity contribution in [2.75, 3.05) is 13.2 Å². The highest BCUT2D eigenvalue weighted by Crippen LogP contribution is 1.79. The van der Waals surface area contributed by atoms with Gasteiger partial charge in [-0.15, -0.1) is 0 Å². The number of hydrogen-bond donors (Lipinski definition) is 3. The van der Waals surface area contributed by atoms with Gasteiger partial charge in [-0.25, -0.2) is 4.79 Å². The van der Waals surface area contributed by atoms with Gasteiger partial charge in [0, 0.05) is 0 Å². The van der Waals surface area contributed by atoms with Crippen molar-refractivity contribution in [3.63, 3.8) is 0 Å². The topological polar surface area (TPSA) is 111 Å². The van der Waals surface area contributed by atoms with Crippen molar-refractivity contribution in [2.45, 2.75) is 19.9 Å². The molecule has 0 spiro atoms. The van der Waals surface area contributed by atoms with E-state index in [9.17, 15) is 14.4 Å². The summed E-state index contributed by atoms with van der Waals surface area (Å²) in [6, 6.07) is -0.763. The van der Waals surface area contributed by atoms with Gasteiger partial charge in [0.25, 0.3) is 0 Å². The zero-order valence-corrected chi connectivity index (χ0v) is 8.70. The minimum atomic E-state index is -0.763. The Morgan fingerprint density at radius 3 is 2.47 bits per heavy atom. The van der Waals surface area contributed by atoms with E-state index in [1.807, 2.05) is 0 Å². The molecule has 0 saturated carbocycles. The van der Waals surface area contributed by atoms with Gasteiger partial charge in [-0.05, 0) is 13.8 Å². The van der Waals surface area contributed by atoms with Crippen LogP contribution in [0.1, 0.15) is 13.8 Å². The van der Waals surface area contributed by atoms with Crippen LogP contribution in [-0.4, -0.2) is 37.1 Å². The zero-order chi connectivity index (χ0) is 11.8. The Morgan fingerprint density at radius 1 is 1.40 bits per heavy atom. The Balaban J connectivity index is 3.75. The van der Waals surface area contributed by atoms with Crippen molar-refractivity contribution < 1.29 is 19.1 Å². The summed E-state index contributed by atoms with van der Waals surface area (Å²) in [5.74, 6) is -1.14. The van der Waals surface area contributed by atoms with Crippen LogP contribution in [0.3, 0.4) is 0 Å². The summed E-state index contributed by atoms with van der Waals surface area (Å²) in [4.78, 5) is 32.4. The lowest BCUT2D eigenvalue weighted by molar-refractivity contribution is -0.126. The first-order valence-corrected chi connectivity index (χ1v) is 4.46. The smallest absolute Gasteiger partial charge is 0.407 e. The first kappa shape index (κ1) is 13.2. The van der Waals surface area contributed by atoms with Crippen LogP contribution in [0.5, 0.6) is 0 Å². The predicted octanol–water partition coefficient (Wildman–Crippen LogP) is -1.28. The number of nitrogens with one attached hydrogen (secondary N) is 2. The van der Waals surface area contributed by atoms with Gasteiger partial charge in [0.1, 0.15) is 12.6 Å². The molecule has 86 valence electrons. The van der Waals surface area contributed by atoms with Crippen molar-refractivity contribution in [2.24, 2.45) is 5.73 Å². The minimum absolute atomic E-state index is 0.227. The molecule has 0 aromatic carbocycles. The lowest BCUT2D eigenvalue weighted by atomic mass is 10.3. The molecule has 0 heterocycles. The maximum absolute atomic E-state index is 11.1. The van der Waals surface area contributed by atoms with E-state index in [0.29, 0.717) is 0 Å². The van der Waals surface area contributed by atoms with E-state index in [1.54, 1.807) is 6.92 Å². The molecule has 0 fully saturated rings. The molecule has 4 N–H and O–H groups in total. The molecule has 7 heteroatoms. The summed E-state index contributed by atoms with van der Waals surface area (Å²) < 4.78 is 4.52. The Kier molecular flexibility index (Phi) is 5.84. The number of alkyl carbamates (subject to hydrolysis) is 1. The summed E-state index contributed by atoms with van der Waals surface area (Å²) in [5, 5.41) is 4.50. The van der Waals surface area contributed by atoms with Gasteiger partial charge in [0.05, 0.1) is 6.61 Å². The van der Waals surface area contributed by atoms with E-state index in [2.05, 4.69) is 15.4 Å². The summed E-state index contributed by atoms with van der Waals surface area (Å²) in [6.45, 7) is 3.07. The first-order valence-electron chi connectivity index (χ1n) is 4.46. The molecule has 7 nitrogen and oxygen atoms in total. The quantitative estimate of drug-likeness (QED) is 0.532. The number of primary amides is 1. The van der Waals surface area contributed by atoms with Crippen molar-refractivity contribution in [1.29, 1.82) is 0 Å². The van der Waals surface area contributed by atoms with Crippen LogP contribution in [0.4, 0.5) is 4.79 Å².